The summed E-state index contributed by atoms with van der Waals surface area (Å²) in [6.07, 6.45) is -1.41. The third-order valence-electron chi connectivity index (χ3n) is 1.96. The first-order chi connectivity index (χ1) is 7.49. The Kier molecular flexibility index (Phi) is 4.46. The molecule has 16 heavy (non-hydrogen) atoms. The predicted octanol–water partition coefficient (Wildman–Crippen LogP) is 1.36. The second-order valence-corrected chi connectivity index (χ2v) is 3.72. The van der Waals surface area contributed by atoms with Crippen molar-refractivity contribution in [1.82, 2.24) is 0 Å². The zero-order chi connectivity index (χ0) is 12.1. The molecule has 2 N–H and O–H groups in total. The van der Waals surface area contributed by atoms with Crippen LogP contribution in [0, 0.1) is 0 Å². The van der Waals surface area contributed by atoms with Gasteiger partial charge < -0.3 is 14.9 Å². The van der Waals surface area contributed by atoms with Gasteiger partial charge in [0.15, 0.2) is 12.1 Å². The van der Waals surface area contributed by atoms with Crippen LogP contribution in [0.2, 0.25) is 0 Å². The van der Waals surface area contributed by atoms with Crippen LogP contribution >= 0.6 is 0 Å². The van der Waals surface area contributed by atoms with Gasteiger partial charge in [0, 0.05) is 12.0 Å². The van der Waals surface area contributed by atoms with Gasteiger partial charge in [0.1, 0.15) is 5.75 Å². The highest BCUT2D eigenvalue weighted by Gasteiger charge is 2.09. The first-order valence-electron chi connectivity index (χ1n) is 5.15. The third-order valence-corrected chi connectivity index (χ3v) is 1.96. The molecular weight excluding hydrogens is 208 g/mol. The van der Waals surface area contributed by atoms with Crippen molar-refractivity contribution < 1.29 is 19.7 Å². The molecule has 0 heterocycles. The normalized spacial score (nSPS) is 14.2. The first kappa shape index (κ1) is 12.7. The maximum absolute atomic E-state index is 11.5. The fourth-order valence-corrected chi connectivity index (χ4v) is 1.30. The van der Waals surface area contributed by atoms with Gasteiger partial charge >= 0.3 is 0 Å². The van der Waals surface area contributed by atoms with Crippen molar-refractivity contribution in [3.63, 3.8) is 0 Å². The third kappa shape index (κ3) is 4.00. The molecule has 1 aromatic carbocycles. The van der Waals surface area contributed by atoms with Crippen molar-refractivity contribution in [3.8, 4) is 5.75 Å². The number of aliphatic hydroxyl groups is 2. The number of ketones is 1. The second-order valence-electron chi connectivity index (χ2n) is 3.72. The number of carbonyl (C=O) groups is 1. The quantitative estimate of drug-likeness (QED) is 0.585. The standard InChI is InChI=1S/C12H16O4/c1-8(13)7-12(15)10-3-5-11(6-4-10)16-9(2)14/h3-6,8-9,13-14H,7H2,1-2H3. The number of carbonyl (C=O) groups excluding carboxylic acids is 1. The number of hydrogen-bond donors (Lipinski definition) is 2. The van der Waals surface area contributed by atoms with Crippen LogP contribution in [0.4, 0.5) is 0 Å². The van der Waals surface area contributed by atoms with Crippen molar-refractivity contribution in [1.29, 1.82) is 0 Å². The smallest absolute Gasteiger partial charge is 0.194 e. The van der Waals surface area contributed by atoms with E-state index in [0.717, 1.165) is 0 Å². The Labute approximate surface area is 94.5 Å². The van der Waals surface area contributed by atoms with Gasteiger partial charge in [0.05, 0.1) is 6.10 Å². The van der Waals surface area contributed by atoms with Crippen molar-refractivity contribution >= 4 is 5.78 Å². The van der Waals surface area contributed by atoms with Gasteiger partial charge in [-0.25, -0.2) is 0 Å². The summed E-state index contributed by atoms with van der Waals surface area (Å²) in [5.74, 6) is 0.391. The monoisotopic (exact) mass is 224 g/mol. The highest BCUT2D eigenvalue weighted by molar-refractivity contribution is 5.96. The summed E-state index contributed by atoms with van der Waals surface area (Å²) in [6.45, 7) is 3.08. The minimum atomic E-state index is -0.876. The van der Waals surface area contributed by atoms with Crippen LogP contribution in [-0.4, -0.2) is 28.4 Å². The average molecular weight is 224 g/mol. The van der Waals surface area contributed by atoms with Crippen molar-refractivity contribution in [3.05, 3.63) is 29.8 Å². The van der Waals surface area contributed by atoms with E-state index in [2.05, 4.69) is 0 Å². The van der Waals surface area contributed by atoms with E-state index >= 15 is 0 Å². The van der Waals surface area contributed by atoms with Gasteiger partial charge in [0.2, 0.25) is 0 Å². The molecule has 0 aliphatic heterocycles. The summed E-state index contributed by atoms with van der Waals surface area (Å²) in [7, 11) is 0. The van der Waals surface area contributed by atoms with Gasteiger partial charge in [-0.05, 0) is 38.1 Å². The summed E-state index contributed by atoms with van der Waals surface area (Å²) in [5, 5.41) is 18.1. The Hall–Kier alpha value is -1.39. The van der Waals surface area contributed by atoms with Crippen molar-refractivity contribution in [2.75, 3.05) is 0 Å². The number of hydrogen-bond acceptors (Lipinski definition) is 4. The van der Waals surface area contributed by atoms with Crippen molar-refractivity contribution in [2.24, 2.45) is 0 Å². The van der Waals surface area contributed by atoms with E-state index < -0.39 is 12.4 Å². The lowest BCUT2D eigenvalue weighted by Crippen LogP contribution is -2.11. The number of rotatable bonds is 5. The molecule has 2 atom stereocenters. The molecule has 0 saturated heterocycles. The Morgan fingerprint density at radius 2 is 1.81 bits per heavy atom. The molecule has 4 nitrogen and oxygen atoms in total. The lowest BCUT2D eigenvalue weighted by Gasteiger charge is -2.09. The molecule has 0 amide bonds. The van der Waals surface area contributed by atoms with Crippen LogP contribution in [0.3, 0.4) is 0 Å². The van der Waals surface area contributed by atoms with E-state index in [4.69, 9.17) is 14.9 Å². The molecule has 0 aromatic heterocycles. The van der Waals surface area contributed by atoms with Gasteiger partial charge in [-0.15, -0.1) is 0 Å². The van der Waals surface area contributed by atoms with Crippen LogP contribution in [0.15, 0.2) is 24.3 Å². The molecule has 0 aliphatic rings. The van der Waals surface area contributed by atoms with Crippen LogP contribution in [0.1, 0.15) is 30.6 Å². The Morgan fingerprint density at radius 3 is 2.25 bits per heavy atom. The molecule has 0 radical (unpaired) electrons. The zero-order valence-corrected chi connectivity index (χ0v) is 9.38. The number of aliphatic hydroxyl groups excluding tert-OH is 2. The van der Waals surface area contributed by atoms with E-state index in [1.54, 1.807) is 31.2 Å². The maximum Gasteiger partial charge on any atom is 0.194 e. The topological polar surface area (TPSA) is 66.8 Å². The predicted molar refractivity (Wildman–Crippen MR) is 59.4 cm³/mol. The average Bonchev–Trinajstić information content (AvgIpc) is 2.16. The minimum Gasteiger partial charge on any atom is -0.465 e. The molecule has 2 unspecified atom stereocenters. The largest absolute Gasteiger partial charge is 0.465 e. The van der Waals surface area contributed by atoms with E-state index in [1.165, 1.54) is 6.92 Å². The maximum atomic E-state index is 11.5. The van der Waals surface area contributed by atoms with Gasteiger partial charge in [-0.2, -0.15) is 0 Å². The SMILES string of the molecule is CC(O)CC(=O)c1ccc(OC(C)O)cc1. The molecule has 4 heteroatoms. The van der Waals surface area contributed by atoms with E-state index in [0.29, 0.717) is 11.3 Å². The summed E-state index contributed by atoms with van der Waals surface area (Å²) in [5.41, 5.74) is 0.527. The molecule has 0 bridgehead atoms. The fourth-order valence-electron chi connectivity index (χ4n) is 1.30. The van der Waals surface area contributed by atoms with E-state index in [9.17, 15) is 4.79 Å². The van der Waals surface area contributed by atoms with Gasteiger partial charge in [-0.3, -0.25) is 4.79 Å². The van der Waals surface area contributed by atoms with Gasteiger partial charge in [0.25, 0.3) is 0 Å². The summed E-state index contributed by atoms with van der Waals surface area (Å²) < 4.78 is 5.02. The summed E-state index contributed by atoms with van der Waals surface area (Å²) in [6, 6.07) is 6.45. The first-order valence-corrected chi connectivity index (χ1v) is 5.15. The Morgan fingerprint density at radius 1 is 1.25 bits per heavy atom. The molecular formula is C12H16O4. The van der Waals surface area contributed by atoms with Crippen molar-refractivity contribution in [2.45, 2.75) is 32.7 Å². The zero-order valence-electron chi connectivity index (χ0n) is 9.38. The van der Waals surface area contributed by atoms with Crippen LogP contribution in [0.5, 0.6) is 5.75 Å². The Bertz CT molecular complexity index is 341. The molecule has 0 aliphatic carbocycles. The number of ether oxygens (including phenoxy) is 1. The molecule has 0 saturated carbocycles. The second kappa shape index (κ2) is 5.63. The molecule has 88 valence electrons. The molecule has 1 rings (SSSR count). The highest BCUT2D eigenvalue weighted by Crippen LogP contribution is 2.14. The fraction of sp³-hybridized carbons (Fsp3) is 0.417. The summed E-state index contributed by atoms with van der Waals surface area (Å²) in [4.78, 5) is 11.5. The highest BCUT2D eigenvalue weighted by atomic mass is 16.6. The summed E-state index contributed by atoms with van der Waals surface area (Å²) >= 11 is 0. The van der Waals surface area contributed by atoms with Crippen LogP contribution in [-0.2, 0) is 0 Å². The van der Waals surface area contributed by atoms with Crippen LogP contribution < -0.4 is 4.74 Å². The van der Waals surface area contributed by atoms with E-state index in [1.807, 2.05) is 0 Å². The van der Waals surface area contributed by atoms with Crippen LogP contribution in [0.25, 0.3) is 0 Å². The molecule has 1 aromatic rings. The molecule has 0 spiro atoms. The van der Waals surface area contributed by atoms with Gasteiger partial charge in [-0.1, -0.05) is 0 Å². The van der Waals surface area contributed by atoms with E-state index in [-0.39, 0.29) is 12.2 Å². The minimum absolute atomic E-state index is 0.108. The number of Topliss-reactive ketones (excluding diaryl/α,β-unsaturated/α-hetero) is 1. The number of benzene rings is 1. The lowest BCUT2D eigenvalue weighted by molar-refractivity contribution is -0.000291. The lowest BCUT2D eigenvalue weighted by atomic mass is 10.1. The molecule has 0 fully saturated rings. The Balaban J connectivity index is 2.67.